The van der Waals surface area contributed by atoms with Crippen molar-refractivity contribution in [3.63, 3.8) is 0 Å². The third-order valence-corrected chi connectivity index (χ3v) is 6.76. The molecule has 174 valence electrons. The van der Waals surface area contributed by atoms with Gasteiger partial charge in [0.15, 0.2) is 23.0 Å². The van der Waals surface area contributed by atoms with Crippen LogP contribution < -0.4 is 20.9 Å². The molecular formula is C26H19ClN4O4. The molecule has 6 rings (SSSR count). The lowest BCUT2D eigenvalue weighted by molar-refractivity contribution is 0.0882. The van der Waals surface area contributed by atoms with Crippen LogP contribution in [-0.2, 0) is 12.0 Å². The summed E-state index contributed by atoms with van der Waals surface area (Å²) in [6, 6.07) is 19.6. The molecule has 0 saturated carbocycles. The highest BCUT2D eigenvalue weighted by atomic mass is 35.5. The first-order chi connectivity index (χ1) is 16.9. The van der Waals surface area contributed by atoms with Crippen molar-refractivity contribution in [1.82, 2.24) is 9.78 Å². The van der Waals surface area contributed by atoms with Gasteiger partial charge in [-0.1, -0.05) is 48.0 Å². The van der Waals surface area contributed by atoms with E-state index in [0.29, 0.717) is 22.9 Å². The van der Waals surface area contributed by atoms with Crippen LogP contribution in [0.1, 0.15) is 32.0 Å². The van der Waals surface area contributed by atoms with Gasteiger partial charge < -0.3 is 20.9 Å². The fourth-order valence-corrected chi connectivity index (χ4v) is 5.06. The summed E-state index contributed by atoms with van der Waals surface area (Å²) in [6.07, 6.45) is 0.146. The van der Waals surface area contributed by atoms with Gasteiger partial charge in [-0.2, -0.15) is 5.10 Å². The van der Waals surface area contributed by atoms with Crippen LogP contribution >= 0.6 is 11.6 Å². The molecule has 0 fully saturated rings. The number of fused-ring (bicyclic) bond motifs is 4. The fraction of sp³-hybridized carbons (Fsp3) is 0.115. The monoisotopic (exact) mass is 486 g/mol. The van der Waals surface area contributed by atoms with Crippen molar-refractivity contribution in [3.05, 3.63) is 94.1 Å². The lowest BCUT2D eigenvalue weighted by Gasteiger charge is -2.34. The third-order valence-electron chi connectivity index (χ3n) is 6.43. The van der Waals surface area contributed by atoms with E-state index < -0.39 is 17.2 Å². The summed E-state index contributed by atoms with van der Waals surface area (Å²) >= 11 is 6.37. The Hall–Kier alpha value is -4.14. The van der Waals surface area contributed by atoms with Gasteiger partial charge in [0.2, 0.25) is 6.79 Å². The van der Waals surface area contributed by atoms with E-state index in [-0.39, 0.29) is 35.1 Å². The Morgan fingerprint density at radius 1 is 1.00 bits per heavy atom. The number of Topliss-reactive ketones (excluding diaryl/α,β-unsaturated/α-hetero) is 1. The largest absolute Gasteiger partial charge is 0.454 e. The summed E-state index contributed by atoms with van der Waals surface area (Å²) < 4.78 is 12.5. The van der Waals surface area contributed by atoms with E-state index in [1.54, 1.807) is 47.1 Å². The van der Waals surface area contributed by atoms with E-state index in [4.69, 9.17) is 32.5 Å². The van der Waals surface area contributed by atoms with E-state index in [1.165, 1.54) is 0 Å². The van der Waals surface area contributed by atoms with E-state index in [1.807, 2.05) is 24.3 Å². The maximum atomic E-state index is 14.0. The van der Waals surface area contributed by atoms with E-state index in [2.05, 4.69) is 5.10 Å². The molecule has 1 aliphatic carbocycles. The average Bonchev–Trinajstić information content (AvgIpc) is 3.49. The number of benzene rings is 3. The smallest absolute Gasteiger partial charge is 0.269 e. The fourth-order valence-electron chi connectivity index (χ4n) is 4.84. The Bertz CT molecular complexity index is 1550. The molecule has 1 aliphatic heterocycles. The highest BCUT2D eigenvalue weighted by molar-refractivity contribution is 6.34. The zero-order chi connectivity index (χ0) is 24.3. The van der Waals surface area contributed by atoms with E-state index in [0.717, 1.165) is 11.1 Å². The number of primary amides is 1. The van der Waals surface area contributed by atoms with E-state index >= 15 is 0 Å². The standard InChI is InChI=1S/C26H19ClN4O4/c27-18-8-4-3-7-17(18)24(32)26(29)12-14-5-1-2-6-16(14)23-21(26)22(25(28)33)30-31(23)15-9-10-19-20(11-15)35-13-34-19/h1-11H,12-13,29H2,(H2,28,33). The summed E-state index contributed by atoms with van der Waals surface area (Å²) in [7, 11) is 0. The van der Waals surface area contributed by atoms with Crippen molar-refractivity contribution >= 4 is 23.3 Å². The molecule has 1 amide bonds. The molecule has 2 heterocycles. The van der Waals surface area contributed by atoms with Crippen molar-refractivity contribution in [2.45, 2.75) is 12.0 Å². The number of ketones is 1. The highest BCUT2D eigenvalue weighted by Gasteiger charge is 2.48. The lowest BCUT2D eigenvalue weighted by Crippen LogP contribution is -2.50. The van der Waals surface area contributed by atoms with Gasteiger partial charge in [-0.15, -0.1) is 0 Å². The molecule has 4 aromatic rings. The minimum absolute atomic E-state index is 0.0740. The molecule has 1 unspecified atom stereocenters. The molecule has 1 atom stereocenters. The normalized spacial score (nSPS) is 17.5. The van der Waals surface area contributed by atoms with Crippen LogP contribution in [-0.4, -0.2) is 28.3 Å². The molecule has 4 N–H and O–H groups in total. The highest BCUT2D eigenvalue weighted by Crippen LogP contribution is 2.46. The van der Waals surface area contributed by atoms with Gasteiger partial charge in [-0.05, 0) is 29.8 Å². The van der Waals surface area contributed by atoms with Gasteiger partial charge in [0.25, 0.3) is 5.91 Å². The van der Waals surface area contributed by atoms with Crippen molar-refractivity contribution in [2.75, 3.05) is 6.79 Å². The molecular weight excluding hydrogens is 468 g/mol. The maximum Gasteiger partial charge on any atom is 0.269 e. The molecule has 9 heteroatoms. The number of ether oxygens (including phenoxy) is 2. The van der Waals surface area contributed by atoms with Gasteiger partial charge in [0.1, 0.15) is 5.54 Å². The summed E-state index contributed by atoms with van der Waals surface area (Å²) in [5, 5.41) is 4.83. The van der Waals surface area contributed by atoms with Crippen LogP contribution in [0.2, 0.25) is 5.02 Å². The first-order valence-electron chi connectivity index (χ1n) is 10.9. The quantitative estimate of drug-likeness (QED) is 0.425. The van der Waals surface area contributed by atoms with Gasteiger partial charge in [-0.3, -0.25) is 9.59 Å². The van der Waals surface area contributed by atoms with Crippen LogP contribution in [0.5, 0.6) is 11.5 Å². The van der Waals surface area contributed by atoms with Gasteiger partial charge in [-0.25, -0.2) is 4.68 Å². The summed E-state index contributed by atoms with van der Waals surface area (Å²) in [4.78, 5) is 26.6. The number of aromatic nitrogens is 2. The second-order valence-corrected chi connectivity index (χ2v) is 8.91. The zero-order valence-corrected chi connectivity index (χ0v) is 19.1. The first kappa shape index (κ1) is 21.4. The topological polar surface area (TPSA) is 122 Å². The molecule has 8 nitrogen and oxygen atoms in total. The van der Waals surface area contributed by atoms with E-state index in [9.17, 15) is 9.59 Å². The van der Waals surface area contributed by atoms with Gasteiger partial charge in [0, 0.05) is 29.2 Å². The molecule has 0 bridgehead atoms. The van der Waals surface area contributed by atoms with Gasteiger partial charge in [0.05, 0.1) is 16.4 Å². The Morgan fingerprint density at radius 3 is 2.54 bits per heavy atom. The van der Waals surface area contributed by atoms with Crippen LogP contribution in [0.4, 0.5) is 0 Å². The van der Waals surface area contributed by atoms with Crippen LogP contribution in [0, 0.1) is 0 Å². The number of amides is 1. The number of rotatable bonds is 4. The van der Waals surface area contributed by atoms with Crippen molar-refractivity contribution in [3.8, 4) is 28.4 Å². The molecule has 0 radical (unpaired) electrons. The van der Waals surface area contributed by atoms with Gasteiger partial charge >= 0.3 is 0 Å². The Balaban J connectivity index is 1.65. The Morgan fingerprint density at radius 2 is 1.74 bits per heavy atom. The second-order valence-electron chi connectivity index (χ2n) is 8.50. The lowest BCUT2D eigenvalue weighted by atomic mass is 9.71. The molecule has 0 spiro atoms. The average molecular weight is 487 g/mol. The maximum absolute atomic E-state index is 14.0. The molecule has 0 saturated heterocycles. The molecule has 1 aromatic heterocycles. The molecule has 3 aromatic carbocycles. The second kappa shape index (κ2) is 7.69. The number of carbonyl (C=O) groups excluding carboxylic acids is 2. The predicted molar refractivity (Wildman–Crippen MR) is 129 cm³/mol. The molecule has 35 heavy (non-hydrogen) atoms. The SMILES string of the molecule is NC(=O)c1nn(-c2ccc3c(c2)OCO3)c2c1C(N)(C(=O)c1ccccc1Cl)Cc1ccccc1-2. The Kier molecular flexibility index (Phi) is 4.70. The number of nitrogens with two attached hydrogens (primary N) is 2. The van der Waals surface area contributed by atoms with Crippen molar-refractivity contribution in [1.29, 1.82) is 0 Å². The van der Waals surface area contributed by atoms with Crippen molar-refractivity contribution in [2.24, 2.45) is 11.5 Å². The molecule has 2 aliphatic rings. The van der Waals surface area contributed by atoms with Crippen LogP contribution in [0.25, 0.3) is 16.9 Å². The van der Waals surface area contributed by atoms with Crippen molar-refractivity contribution < 1.29 is 19.1 Å². The number of hydrogen-bond donors (Lipinski definition) is 2. The summed E-state index contributed by atoms with van der Waals surface area (Å²) in [6.45, 7) is 0.115. The Labute approximate surface area is 205 Å². The summed E-state index contributed by atoms with van der Waals surface area (Å²) in [5.74, 6) is -0.0662. The first-order valence-corrected chi connectivity index (χ1v) is 11.3. The third kappa shape index (κ3) is 3.14. The number of nitrogens with zero attached hydrogens (tertiary/aromatic N) is 2. The summed E-state index contributed by atoms with van der Waals surface area (Å²) in [5.41, 5.74) is 14.3. The minimum atomic E-state index is -1.63. The minimum Gasteiger partial charge on any atom is -0.454 e. The van der Waals surface area contributed by atoms with Crippen LogP contribution in [0.3, 0.4) is 0 Å². The number of hydrogen-bond acceptors (Lipinski definition) is 6. The van der Waals surface area contributed by atoms with Crippen LogP contribution in [0.15, 0.2) is 66.7 Å². The predicted octanol–water partition coefficient (Wildman–Crippen LogP) is 3.61. The zero-order valence-electron chi connectivity index (χ0n) is 18.3. The number of carbonyl (C=O) groups is 2. The number of halogens is 1.